The van der Waals surface area contributed by atoms with Gasteiger partial charge in [-0.25, -0.2) is 9.97 Å². The van der Waals surface area contributed by atoms with E-state index in [1.807, 2.05) is 0 Å². The molecule has 0 N–H and O–H groups in total. The van der Waals surface area contributed by atoms with E-state index in [1.54, 1.807) is 38.7 Å². The second kappa shape index (κ2) is 7.80. The number of amides is 1. The summed E-state index contributed by atoms with van der Waals surface area (Å²) in [4.78, 5) is 39.1. The molecule has 3 rings (SSSR count). The number of rotatable bonds is 4. The van der Waals surface area contributed by atoms with Crippen molar-refractivity contribution in [3.63, 3.8) is 0 Å². The SMILES string of the molecule is Cc1sc2ncnc(N3CCC(C(=O)O[C@@H](C)C(=O)N(C)C)CC3)c2c1C. The molecule has 8 heteroatoms. The lowest BCUT2D eigenvalue weighted by molar-refractivity contribution is -0.162. The van der Waals surface area contributed by atoms with Gasteiger partial charge < -0.3 is 14.5 Å². The van der Waals surface area contributed by atoms with E-state index in [0.29, 0.717) is 12.8 Å². The van der Waals surface area contributed by atoms with Crippen LogP contribution in [0, 0.1) is 19.8 Å². The fourth-order valence-corrected chi connectivity index (χ4v) is 4.41. The zero-order chi connectivity index (χ0) is 19.7. The van der Waals surface area contributed by atoms with Crippen LogP contribution in [0.15, 0.2) is 6.33 Å². The third-order valence-corrected chi connectivity index (χ3v) is 6.27. The summed E-state index contributed by atoms with van der Waals surface area (Å²) in [5.41, 5.74) is 1.23. The third-order valence-electron chi connectivity index (χ3n) is 5.15. The van der Waals surface area contributed by atoms with Gasteiger partial charge in [0.15, 0.2) is 6.10 Å². The summed E-state index contributed by atoms with van der Waals surface area (Å²) >= 11 is 1.69. The van der Waals surface area contributed by atoms with Crippen LogP contribution in [-0.2, 0) is 14.3 Å². The third kappa shape index (κ3) is 3.90. The van der Waals surface area contributed by atoms with E-state index in [1.165, 1.54) is 15.3 Å². The molecular formula is C19H26N4O3S. The van der Waals surface area contributed by atoms with Crippen LogP contribution in [0.2, 0.25) is 0 Å². The second-order valence-corrected chi connectivity index (χ2v) is 8.44. The molecular weight excluding hydrogens is 364 g/mol. The Labute approximate surface area is 163 Å². The number of carbonyl (C=O) groups excluding carboxylic acids is 2. The molecule has 2 aromatic rings. The number of likely N-dealkylation sites (N-methyl/N-ethyl adjacent to an activating group) is 1. The molecule has 0 saturated carbocycles. The first-order valence-corrected chi connectivity index (χ1v) is 9.98. The predicted octanol–water partition coefficient (Wildman–Crippen LogP) is 2.54. The molecule has 146 valence electrons. The molecule has 1 aliphatic heterocycles. The zero-order valence-corrected chi connectivity index (χ0v) is 17.3. The molecule has 0 aliphatic carbocycles. The highest BCUT2D eigenvalue weighted by Crippen LogP contribution is 2.35. The van der Waals surface area contributed by atoms with Gasteiger partial charge in [0.2, 0.25) is 0 Å². The molecule has 0 bridgehead atoms. The quantitative estimate of drug-likeness (QED) is 0.747. The number of nitrogens with zero attached hydrogens (tertiary/aromatic N) is 4. The molecule has 1 saturated heterocycles. The van der Waals surface area contributed by atoms with Crippen LogP contribution >= 0.6 is 11.3 Å². The molecule has 2 aromatic heterocycles. The van der Waals surface area contributed by atoms with Crippen molar-refractivity contribution in [1.82, 2.24) is 14.9 Å². The Morgan fingerprint density at radius 1 is 1.26 bits per heavy atom. The van der Waals surface area contributed by atoms with Gasteiger partial charge in [0.1, 0.15) is 17.0 Å². The van der Waals surface area contributed by atoms with E-state index >= 15 is 0 Å². The average Bonchev–Trinajstić information content (AvgIpc) is 2.95. The van der Waals surface area contributed by atoms with Gasteiger partial charge in [-0.3, -0.25) is 9.59 Å². The second-order valence-electron chi connectivity index (χ2n) is 7.23. The highest BCUT2D eigenvalue weighted by molar-refractivity contribution is 7.18. The van der Waals surface area contributed by atoms with Gasteiger partial charge in [0.25, 0.3) is 5.91 Å². The molecule has 1 fully saturated rings. The Morgan fingerprint density at radius 3 is 2.56 bits per heavy atom. The number of aryl methyl sites for hydroxylation is 2. The number of fused-ring (bicyclic) bond motifs is 1. The van der Waals surface area contributed by atoms with E-state index in [4.69, 9.17) is 4.74 Å². The van der Waals surface area contributed by atoms with Crippen LogP contribution < -0.4 is 4.90 Å². The minimum Gasteiger partial charge on any atom is -0.452 e. The normalized spacial score (nSPS) is 16.4. The first-order valence-electron chi connectivity index (χ1n) is 9.17. The van der Waals surface area contributed by atoms with Crippen LogP contribution in [0.3, 0.4) is 0 Å². The van der Waals surface area contributed by atoms with Gasteiger partial charge in [0, 0.05) is 32.1 Å². The Hall–Kier alpha value is -2.22. The summed E-state index contributed by atoms with van der Waals surface area (Å²) in [6, 6.07) is 0. The van der Waals surface area contributed by atoms with Crippen LogP contribution in [-0.4, -0.2) is 60.0 Å². The number of esters is 1. The minimum absolute atomic E-state index is 0.179. The van der Waals surface area contributed by atoms with E-state index in [0.717, 1.165) is 29.1 Å². The van der Waals surface area contributed by atoms with Gasteiger partial charge in [0.05, 0.1) is 11.3 Å². The molecule has 0 unspecified atom stereocenters. The van der Waals surface area contributed by atoms with Crippen molar-refractivity contribution in [3.8, 4) is 0 Å². The lowest BCUT2D eigenvalue weighted by Gasteiger charge is -2.32. The van der Waals surface area contributed by atoms with Crippen LogP contribution in [0.5, 0.6) is 0 Å². The van der Waals surface area contributed by atoms with Crippen molar-refractivity contribution < 1.29 is 14.3 Å². The van der Waals surface area contributed by atoms with Crippen molar-refractivity contribution in [2.24, 2.45) is 5.92 Å². The summed E-state index contributed by atoms with van der Waals surface area (Å²) in [5.74, 6) is 0.284. The number of hydrogen-bond acceptors (Lipinski definition) is 7. The maximum atomic E-state index is 12.4. The summed E-state index contributed by atoms with van der Waals surface area (Å²) < 4.78 is 5.37. The van der Waals surface area contributed by atoms with Crippen LogP contribution in [0.1, 0.15) is 30.2 Å². The highest BCUT2D eigenvalue weighted by Gasteiger charge is 2.30. The van der Waals surface area contributed by atoms with Gasteiger partial charge in [-0.2, -0.15) is 0 Å². The van der Waals surface area contributed by atoms with Gasteiger partial charge in [-0.15, -0.1) is 11.3 Å². The lowest BCUT2D eigenvalue weighted by Crippen LogP contribution is -2.40. The van der Waals surface area contributed by atoms with E-state index < -0.39 is 6.10 Å². The Kier molecular flexibility index (Phi) is 5.64. The number of ether oxygens (including phenoxy) is 1. The smallest absolute Gasteiger partial charge is 0.309 e. The largest absolute Gasteiger partial charge is 0.452 e. The number of aromatic nitrogens is 2. The Morgan fingerprint density at radius 2 is 1.93 bits per heavy atom. The van der Waals surface area contributed by atoms with Crippen molar-refractivity contribution in [2.75, 3.05) is 32.1 Å². The number of thiophene rings is 1. The average molecular weight is 391 g/mol. The maximum Gasteiger partial charge on any atom is 0.309 e. The summed E-state index contributed by atoms with van der Waals surface area (Å²) in [7, 11) is 3.31. The fourth-order valence-electron chi connectivity index (χ4n) is 3.42. The molecule has 0 aromatic carbocycles. The molecule has 1 amide bonds. The lowest BCUT2D eigenvalue weighted by atomic mass is 9.96. The standard InChI is InChI=1S/C19H26N4O3S/c1-11-13(3)27-17-15(11)16(20-10-21-17)23-8-6-14(7-9-23)19(25)26-12(2)18(24)22(4)5/h10,12,14H,6-9H2,1-5H3/t12-/m0/s1. The summed E-state index contributed by atoms with van der Waals surface area (Å²) in [6.45, 7) is 7.29. The van der Waals surface area contributed by atoms with Crippen LogP contribution in [0.25, 0.3) is 10.2 Å². The summed E-state index contributed by atoms with van der Waals surface area (Å²) in [5, 5.41) is 1.12. The van der Waals surface area contributed by atoms with Crippen molar-refractivity contribution in [1.29, 1.82) is 0 Å². The van der Waals surface area contributed by atoms with Gasteiger partial charge in [-0.1, -0.05) is 0 Å². The highest BCUT2D eigenvalue weighted by atomic mass is 32.1. The Balaban J connectivity index is 1.66. The zero-order valence-electron chi connectivity index (χ0n) is 16.5. The molecule has 3 heterocycles. The van der Waals surface area contributed by atoms with E-state index in [9.17, 15) is 9.59 Å². The van der Waals surface area contributed by atoms with E-state index in [-0.39, 0.29) is 17.8 Å². The minimum atomic E-state index is -0.747. The number of anilines is 1. The molecule has 1 aliphatic rings. The monoisotopic (exact) mass is 390 g/mol. The number of hydrogen-bond donors (Lipinski definition) is 0. The van der Waals surface area contributed by atoms with Crippen molar-refractivity contribution in [3.05, 3.63) is 16.8 Å². The van der Waals surface area contributed by atoms with Crippen molar-refractivity contribution >= 4 is 39.2 Å². The molecule has 1 atom stereocenters. The number of piperidine rings is 1. The molecule has 0 radical (unpaired) electrons. The van der Waals surface area contributed by atoms with Crippen molar-refractivity contribution in [2.45, 2.75) is 39.7 Å². The first-order chi connectivity index (χ1) is 12.8. The molecule has 0 spiro atoms. The van der Waals surface area contributed by atoms with Gasteiger partial charge in [-0.05, 0) is 39.2 Å². The Bertz CT molecular complexity index is 856. The van der Waals surface area contributed by atoms with E-state index in [2.05, 4.69) is 28.7 Å². The summed E-state index contributed by atoms with van der Waals surface area (Å²) in [6.07, 6.45) is 2.25. The molecule has 7 nitrogen and oxygen atoms in total. The topological polar surface area (TPSA) is 75.6 Å². The fraction of sp³-hybridized carbons (Fsp3) is 0.579. The predicted molar refractivity (Wildman–Crippen MR) is 106 cm³/mol. The van der Waals surface area contributed by atoms with Crippen LogP contribution in [0.4, 0.5) is 5.82 Å². The van der Waals surface area contributed by atoms with Gasteiger partial charge >= 0.3 is 5.97 Å². The first kappa shape index (κ1) is 19.5. The number of carbonyl (C=O) groups is 2. The molecule has 27 heavy (non-hydrogen) atoms. The maximum absolute atomic E-state index is 12.4.